The van der Waals surface area contributed by atoms with E-state index in [0.717, 1.165) is 16.3 Å². The number of hydrogen-bond donors (Lipinski definition) is 1. The van der Waals surface area contributed by atoms with Crippen LogP contribution in [0.15, 0.2) is 42.5 Å². The van der Waals surface area contributed by atoms with E-state index in [4.69, 9.17) is 0 Å². The van der Waals surface area contributed by atoms with Crippen LogP contribution < -0.4 is 5.32 Å². The maximum Gasteiger partial charge on any atom is 0.251 e. The number of rotatable bonds is 3. The van der Waals surface area contributed by atoms with Crippen molar-refractivity contribution >= 4 is 16.7 Å². The quantitative estimate of drug-likeness (QED) is 0.857. The van der Waals surface area contributed by atoms with Crippen molar-refractivity contribution in [3.8, 4) is 0 Å². The molecule has 0 atom stereocenters. The molecule has 2 aromatic rings. The predicted molar refractivity (Wildman–Crippen MR) is 71.1 cm³/mol. The summed E-state index contributed by atoms with van der Waals surface area (Å²) in [5, 5.41) is 5.06. The van der Waals surface area contributed by atoms with E-state index in [1.54, 1.807) is 0 Å². The van der Waals surface area contributed by atoms with Crippen molar-refractivity contribution in [1.29, 1.82) is 0 Å². The molecule has 2 aromatic carbocycles. The van der Waals surface area contributed by atoms with Gasteiger partial charge in [-0.05, 0) is 22.8 Å². The molecule has 0 saturated heterocycles. The summed E-state index contributed by atoms with van der Waals surface area (Å²) >= 11 is 0. The largest absolute Gasteiger partial charge is 0.352 e. The molecule has 2 rings (SSSR count). The van der Waals surface area contributed by atoms with Crippen molar-refractivity contribution in [2.24, 2.45) is 5.92 Å². The van der Waals surface area contributed by atoms with E-state index in [9.17, 15) is 4.79 Å². The van der Waals surface area contributed by atoms with Crippen LogP contribution in [-0.4, -0.2) is 12.5 Å². The van der Waals surface area contributed by atoms with E-state index in [-0.39, 0.29) is 5.91 Å². The smallest absolute Gasteiger partial charge is 0.251 e. The van der Waals surface area contributed by atoms with Gasteiger partial charge in [0.2, 0.25) is 0 Å². The van der Waals surface area contributed by atoms with Crippen LogP contribution in [0.25, 0.3) is 10.8 Å². The molecule has 1 N–H and O–H groups in total. The molecule has 0 unspecified atom stereocenters. The van der Waals surface area contributed by atoms with Gasteiger partial charge in [0.15, 0.2) is 0 Å². The third kappa shape index (κ3) is 2.64. The average Bonchev–Trinajstić information content (AvgIpc) is 2.35. The minimum absolute atomic E-state index is 0.00972. The van der Waals surface area contributed by atoms with Crippen molar-refractivity contribution in [2.45, 2.75) is 13.8 Å². The van der Waals surface area contributed by atoms with E-state index >= 15 is 0 Å². The normalized spacial score (nSPS) is 10.8. The molecule has 0 radical (unpaired) electrons. The van der Waals surface area contributed by atoms with Crippen LogP contribution in [0.1, 0.15) is 24.2 Å². The summed E-state index contributed by atoms with van der Waals surface area (Å²) in [7, 11) is 0. The number of hydrogen-bond acceptors (Lipinski definition) is 1. The van der Waals surface area contributed by atoms with E-state index in [1.807, 2.05) is 42.5 Å². The number of carbonyl (C=O) groups is 1. The van der Waals surface area contributed by atoms with Gasteiger partial charge in [0.25, 0.3) is 5.91 Å². The number of fused-ring (bicyclic) bond motifs is 1. The van der Waals surface area contributed by atoms with Gasteiger partial charge in [-0.15, -0.1) is 0 Å². The summed E-state index contributed by atoms with van der Waals surface area (Å²) in [4.78, 5) is 12.1. The molecular formula is C15H17NO. The van der Waals surface area contributed by atoms with Crippen molar-refractivity contribution in [1.82, 2.24) is 5.32 Å². The lowest BCUT2D eigenvalue weighted by molar-refractivity contribution is 0.0950. The van der Waals surface area contributed by atoms with Gasteiger partial charge in [-0.2, -0.15) is 0 Å². The minimum Gasteiger partial charge on any atom is -0.352 e. The average molecular weight is 227 g/mol. The molecule has 0 aliphatic carbocycles. The Morgan fingerprint density at radius 1 is 1.12 bits per heavy atom. The second-order valence-corrected chi connectivity index (χ2v) is 4.63. The molecule has 0 spiro atoms. The molecule has 0 bridgehead atoms. The summed E-state index contributed by atoms with van der Waals surface area (Å²) in [6, 6.07) is 13.8. The Labute approximate surface area is 102 Å². The van der Waals surface area contributed by atoms with Crippen molar-refractivity contribution in [2.75, 3.05) is 6.54 Å². The molecule has 0 aliphatic heterocycles. The van der Waals surface area contributed by atoms with Crippen LogP contribution in [0.3, 0.4) is 0 Å². The molecule has 0 heterocycles. The van der Waals surface area contributed by atoms with E-state index in [2.05, 4.69) is 19.2 Å². The first kappa shape index (κ1) is 11.6. The third-order valence-electron chi connectivity index (χ3n) is 2.71. The minimum atomic E-state index is 0.00972. The summed E-state index contributed by atoms with van der Waals surface area (Å²) in [6.07, 6.45) is 0. The van der Waals surface area contributed by atoms with Crippen molar-refractivity contribution < 1.29 is 4.79 Å². The molecule has 0 saturated carbocycles. The maximum absolute atomic E-state index is 12.1. The van der Waals surface area contributed by atoms with Crippen LogP contribution >= 0.6 is 0 Å². The lowest BCUT2D eigenvalue weighted by atomic mass is 10.0. The number of benzene rings is 2. The zero-order valence-electron chi connectivity index (χ0n) is 10.2. The van der Waals surface area contributed by atoms with Gasteiger partial charge in [-0.25, -0.2) is 0 Å². The van der Waals surface area contributed by atoms with Gasteiger partial charge in [-0.3, -0.25) is 4.79 Å². The molecule has 0 aromatic heterocycles. The van der Waals surface area contributed by atoms with Crippen LogP contribution in [0.4, 0.5) is 0 Å². The lowest BCUT2D eigenvalue weighted by Gasteiger charge is -2.09. The number of nitrogens with one attached hydrogen (secondary N) is 1. The Bertz CT molecular complexity index is 526. The highest BCUT2D eigenvalue weighted by atomic mass is 16.1. The summed E-state index contributed by atoms with van der Waals surface area (Å²) in [6.45, 7) is 4.88. The van der Waals surface area contributed by atoms with Gasteiger partial charge >= 0.3 is 0 Å². The highest BCUT2D eigenvalue weighted by Gasteiger charge is 2.09. The fraction of sp³-hybridized carbons (Fsp3) is 0.267. The summed E-state index contributed by atoms with van der Waals surface area (Å²) in [5.41, 5.74) is 0.753. The monoisotopic (exact) mass is 227 g/mol. The lowest BCUT2D eigenvalue weighted by Crippen LogP contribution is -2.27. The van der Waals surface area contributed by atoms with Crippen molar-refractivity contribution in [3.63, 3.8) is 0 Å². The molecule has 2 nitrogen and oxygen atoms in total. The Balaban J connectivity index is 2.32. The topological polar surface area (TPSA) is 29.1 Å². The van der Waals surface area contributed by atoms with Gasteiger partial charge < -0.3 is 5.32 Å². The Morgan fingerprint density at radius 2 is 1.82 bits per heavy atom. The predicted octanol–water partition coefficient (Wildman–Crippen LogP) is 3.23. The van der Waals surface area contributed by atoms with Crippen LogP contribution in [-0.2, 0) is 0 Å². The first-order chi connectivity index (χ1) is 8.18. The molecule has 17 heavy (non-hydrogen) atoms. The van der Waals surface area contributed by atoms with Crippen LogP contribution in [0.2, 0.25) is 0 Å². The van der Waals surface area contributed by atoms with Crippen molar-refractivity contribution in [3.05, 3.63) is 48.0 Å². The zero-order chi connectivity index (χ0) is 12.3. The van der Waals surface area contributed by atoms with Gasteiger partial charge in [0.05, 0.1) is 0 Å². The fourth-order valence-electron chi connectivity index (χ4n) is 1.82. The second-order valence-electron chi connectivity index (χ2n) is 4.63. The SMILES string of the molecule is CC(C)CNC(=O)c1cccc2ccccc12. The van der Waals surface area contributed by atoms with E-state index in [1.165, 1.54) is 0 Å². The Kier molecular flexibility index (Phi) is 3.43. The molecular weight excluding hydrogens is 210 g/mol. The molecule has 1 amide bonds. The van der Waals surface area contributed by atoms with E-state index in [0.29, 0.717) is 12.5 Å². The molecule has 0 aliphatic rings. The third-order valence-corrected chi connectivity index (χ3v) is 2.71. The van der Waals surface area contributed by atoms with E-state index < -0.39 is 0 Å². The van der Waals surface area contributed by atoms with Crippen LogP contribution in [0.5, 0.6) is 0 Å². The number of carbonyl (C=O) groups excluding carboxylic acids is 1. The van der Waals surface area contributed by atoms with Gasteiger partial charge in [0.1, 0.15) is 0 Å². The van der Waals surface area contributed by atoms with Gasteiger partial charge in [-0.1, -0.05) is 50.2 Å². The first-order valence-electron chi connectivity index (χ1n) is 5.94. The standard InChI is InChI=1S/C15H17NO/c1-11(2)10-16-15(17)14-9-5-7-12-6-3-4-8-13(12)14/h3-9,11H,10H2,1-2H3,(H,16,17). The van der Waals surface area contributed by atoms with Gasteiger partial charge in [0, 0.05) is 12.1 Å². The second kappa shape index (κ2) is 5.00. The highest BCUT2D eigenvalue weighted by Crippen LogP contribution is 2.18. The molecule has 88 valence electrons. The first-order valence-corrected chi connectivity index (χ1v) is 5.94. The molecule has 0 fully saturated rings. The number of amides is 1. The molecule has 2 heteroatoms. The summed E-state index contributed by atoms with van der Waals surface area (Å²) < 4.78 is 0. The fourth-order valence-corrected chi connectivity index (χ4v) is 1.82. The van der Waals surface area contributed by atoms with Crippen LogP contribution in [0, 0.1) is 5.92 Å². The summed E-state index contributed by atoms with van der Waals surface area (Å²) in [5.74, 6) is 0.476. The Morgan fingerprint density at radius 3 is 2.59 bits per heavy atom. The Hall–Kier alpha value is -1.83. The zero-order valence-corrected chi connectivity index (χ0v) is 10.2. The maximum atomic E-state index is 12.1. The highest BCUT2D eigenvalue weighted by molar-refractivity contribution is 6.06.